The van der Waals surface area contributed by atoms with Crippen molar-refractivity contribution in [2.75, 3.05) is 0 Å². The minimum atomic E-state index is -0.264. The average molecular weight is 567 g/mol. The molecule has 0 amide bonds. The summed E-state index contributed by atoms with van der Waals surface area (Å²) in [6.07, 6.45) is 4.69. The van der Waals surface area contributed by atoms with Gasteiger partial charge in [0.2, 0.25) is 0 Å². The van der Waals surface area contributed by atoms with Crippen molar-refractivity contribution in [2.24, 2.45) is 0 Å². The zero-order chi connectivity index (χ0) is 29.8. The van der Waals surface area contributed by atoms with Crippen LogP contribution in [0.25, 0.3) is 61.9 Å². The molecule has 0 radical (unpaired) electrons. The molecule has 4 aromatic heterocycles. The van der Waals surface area contributed by atoms with Crippen LogP contribution in [-0.2, 0) is 0 Å². The number of hydrogen-bond acceptors (Lipinski definition) is 6. The third-order valence-corrected chi connectivity index (χ3v) is 6.87. The number of aromatic nitrogens is 6. The van der Waals surface area contributed by atoms with Gasteiger partial charge in [-0.15, -0.1) is 0 Å². The third kappa shape index (κ3) is 5.85. The molecule has 8 heteroatoms. The smallest absolute Gasteiger partial charge is 0.123 e. The topological polar surface area (TPSA) is 77.3 Å². The second-order valence-electron chi connectivity index (χ2n) is 9.64. The summed E-state index contributed by atoms with van der Waals surface area (Å²) in [6, 6.07) is 28.1. The van der Waals surface area contributed by atoms with Crippen molar-refractivity contribution in [3.8, 4) is 33.8 Å². The zero-order valence-electron chi connectivity index (χ0n) is 23.1. The summed E-state index contributed by atoms with van der Waals surface area (Å²) in [4.78, 5) is 26.3. The fourth-order valence-corrected chi connectivity index (χ4v) is 4.65. The summed E-state index contributed by atoms with van der Waals surface area (Å²) in [5.41, 5.74) is 9.88. The largest absolute Gasteiger partial charge is 0.244 e. The lowest BCUT2D eigenvalue weighted by Gasteiger charge is -2.09. The molecule has 0 spiro atoms. The van der Waals surface area contributed by atoms with Crippen molar-refractivity contribution in [3.63, 3.8) is 0 Å². The van der Waals surface area contributed by atoms with E-state index in [2.05, 4.69) is 31.5 Å². The van der Waals surface area contributed by atoms with Crippen molar-refractivity contribution >= 4 is 28.1 Å². The maximum Gasteiger partial charge on any atom is 0.123 e. The normalized spacial score (nSPS) is 10.8. The van der Waals surface area contributed by atoms with Gasteiger partial charge in [-0.25, -0.2) is 38.7 Å². The van der Waals surface area contributed by atoms with Gasteiger partial charge in [0.1, 0.15) is 41.0 Å². The predicted octanol–water partition coefficient (Wildman–Crippen LogP) is 8.28. The molecule has 0 aliphatic heterocycles. The molecule has 0 unspecified atom stereocenters. The van der Waals surface area contributed by atoms with Crippen molar-refractivity contribution in [1.29, 1.82) is 0 Å². The van der Waals surface area contributed by atoms with Crippen LogP contribution in [-0.4, -0.2) is 29.9 Å². The highest BCUT2D eigenvalue weighted by Crippen LogP contribution is 2.29. The number of nitrogens with zero attached hydrogens (tertiary/aromatic N) is 6. The second-order valence-corrected chi connectivity index (χ2v) is 9.64. The third-order valence-electron chi connectivity index (χ3n) is 6.87. The van der Waals surface area contributed by atoms with Gasteiger partial charge in [0.15, 0.2) is 0 Å². The van der Waals surface area contributed by atoms with Gasteiger partial charge in [0, 0.05) is 16.7 Å². The first-order valence-electron chi connectivity index (χ1n) is 13.4. The second kappa shape index (κ2) is 12.0. The minimum absolute atomic E-state index is 0.261. The lowest BCUT2D eigenvalue weighted by atomic mass is 10.0. The summed E-state index contributed by atoms with van der Waals surface area (Å²) in [6.45, 7) is 5.76. The molecule has 4 heterocycles. The van der Waals surface area contributed by atoms with Gasteiger partial charge in [-0.3, -0.25) is 0 Å². The van der Waals surface area contributed by atoms with Crippen LogP contribution >= 0.6 is 0 Å². The summed E-state index contributed by atoms with van der Waals surface area (Å²) >= 11 is 0. The molecule has 43 heavy (non-hydrogen) atoms. The number of benzene rings is 3. The molecular weight excluding hydrogens is 542 g/mol. The number of fused-ring (bicyclic) bond motifs is 2. The molecule has 0 aliphatic rings. The Morgan fingerprint density at radius 3 is 1.70 bits per heavy atom. The van der Waals surface area contributed by atoms with Crippen molar-refractivity contribution < 1.29 is 8.78 Å². The van der Waals surface area contributed by atoms with E-state index in [-0.39, 0.29) is 11.6 Å². The standard InChI is InChI=1S/C20H14FN3.C15H10FN3/c1-13-4-2-3-5-16(13)19-20-18(22-12-23-19)11-10-17(24-20)14-6-8-15(21)9-7-14;1-2-12-15-14(18-9-17-12)8-7-13(19-15)10-3-5-11(16)6-4-10/h2-12H,1H3;2-9H,1H2. The highest BCUT2D eigenvalue weighted by atomic mass is 19.1. The Hall–Kier alpha value is -5.76. The lowest BCUT2D eigenvalue weighted by molar-refractivity contribution is 0.627. The Bertz CT molecular complexity index is 2080. The average Bonchev–Trinajstić information content (AvgIpc) is 3.05. The van der Waals surface area contributed by atoms with Crippen LogP contribution in [0.4, 0.5) is 8.78 Å². The molecule has 0 bridgehead atoms. The van der Waals surface area contributed by atoms with Crippen molar-refractivity contribution in [1.82, 2.24) is 29.9 Å². The molecule has 0 N–H and O–H groups in total. The Morgan fingerprint density at radius 2 is 1.12 bits per heavy atom. The van der Waals surface area contributed by atoms with Crippen LogP contribution in [0.2, 0.25) is 0 Å². The van der Waals surface area contributed by atoms with E-state index in [9.17, 15) is 8.78 Å². The summed E-state index contributed by atoms with van der Waals surface area (Å²) < 4.78 is 26.1. The van der Waals surface area contributed by atoms with E-state index >= 15 is 0 Å². The van der Waals surface area contributed by atoms with E-state index in [0.717, 1.165) is 55.9 Å². The quantitative estimate of drug-likeness (QED) is 0.213. The molecule has 0 saturated heterocycles. The molecular formula is C35H24F2N6. The minimum Gasteiger partial charge on any atom is -0.244 e. The highest BCUT2D eigenvalue weighted by molar-refractivity contribution is 5.91. The first kappa shape index (κ1) is 27.4. The van der Waals surface area contributed by atoms with E-state index in [1.54, 1.807) is 36.7 Å². The van der Waals surface area contributed by atoms with Crippen LogP contribution in [0.1, 0.15) is 11.3 Å². The van der Waals surface area contributed by atoms with E-state index in [4.69, 9.17) is 4.98 Å². The van der Waals surface area contributed by atoms with E-state index in [1.165, 1.54) is 30.6 Å². The number of hydrogen-bond donors (Lipinski definition) is 0. The first-order valence-corrected chi connectivity index (χ1v) is 13.4. The van der Waals surface area contributed by atoms with Gasteiger partial charge >= 0.3 is 0 Å². The van der Waals surface area contributed by atoms with E-state index < -0.39 is 0 Å². The van der Waals surface area contributed by atoms with Crippen LogP contribution in [0.15, 0.2) is 116 Å². The Balaban J connectivity index is 0.000000157. The molecule has 7 rings (SSSR count). The van der Waals surface area contributed by atoms with Crippen molar-refractivity contribution in [2.45, 2.75) is 6.92 Å². The van der Waals surface area contributed by atoms with Gasteiger partial charge in [0.05, 0.1) is 28.1 Å². The Morgan fingerprint density at radius 1 is 0.581 bits per heavy atom. The van der Waals surface area contributed by atoms with E-state index in [0.29, 0.717) is 11.2 Å². The highest BCUT2D eigenvalue weighted by Gasteiger charge is 2.11. The van der Waals surface area contributed by atoms with Gasteiger partial charge < -0.3 is 0 Å². The maximum absolute atomic E-state index is 13.1. The number of halogens is 2. The first-order chi connectivity index (χ1) is 21.0. The number of aryl methyl sites for hydroxylation is 1. The number of pyridine rings is 2. The summed E-state index contributed by atoms with van der Waals surface area (Å²) in [5, 5.41) is 0. The van der Waals surface area contributed by atoms with Gasteiger partial charge in [-0.2, -0.15) is 0 Å². The molecule has 0 aliphatic carbocycles. The van der Waals surface area contributed by atoms with Gasteiger partial charge in [-0.05, 0) is 91.4 Å². The van der Waals surface area contributed by atoms with Crippen LogP contribution in [0.3, 0.4) is 0 Å². The lowest BCUT2D eigenvalue weighted by Crippen LogP contribution is -1.95. The van der Waals surface area contributed by atoms with Crippen molar-refractivity contribution in [3.05, 3.63) is 139 Å². The molecule has 0 fully saturated rings. The fourth-order valence-electron chi connectivity index (χ4n) is 4.65. The maximum atomic E-state index is 13.1. The monoisotopic (exact) mass is 566 g/mol. The summed E-state index contributed by atoms with van der Waals surface area (Å²) in [5.74, 6) is -0.525. The Labute approximate surface area is 246 Å². The Kier molecular flexibility index (Phi) is 7.65. The molecule has 6 nitrogen and oxygen atoms in total. The van der Waals surface area contributed by atoms with E-state index in [1.807, 2.05) is 55.5 Å². The molecule has 0 atom stereocenters. The molecule has 7 aromatic rings. The molecule has 208 valence electrons. The predicted molar refractivity (Wildman–Crippen MR) is 166 cm³/mol. The zero-order valence-corrected chi connectivity index (χ0v) is 23.1. The number of rotatable bonds is 4. The molecule has 3 aromatic carbocycles. The SMILES string of the molecule is C=Cc1ncnc2ccc(-c3ccc(F)cc3)nc12.Cc1ccccc1-c1ncnc2ccc(-c3ccc(F)cc3)nc12. The molecule has 0 saturated carbocycles. The van der Waals surface area contributed by atoms with Crippen LogP contribution in [0, 0.1) is 18.6 Å². The fraction of sp³-hybridized carbons (Fsp3) is 0.0286. The van der Waals surface area contributed by atoms with Gasteiger partial charge in [-0.1, -0.05) is 30.8 Å². The van der Waals surface area contributed by atoms with Crippen LogP contribution in [0.5, 0.6) is 0 Å². The summed E-state index contributed by atoms with van der Waals surface area (Å²) in [7, 11) is 0. The van der Waals surface area contributed by atoms with Crippen LogP contribution < -0.4 is 0 Å². The van der Waals surface area contributed by atoms with Gasteiger partial charge in [0.25, 0.3) is 0 Å².